The number of hydrogen-bond acceptors (Lipinski definition) is 4. The number of benzene rings is 1. The molecule has 4 aliphatic carbocycles. The summed E-state index contributed by atoms with van der Waals surface area (Å²) in [6.45, 7) is 2.05. The number of piperidine rings is 1. The minimum atomic E-state index is -0.925. The Labute approximate surface area is 159 Å². The number of Topliss-reactive ketones (excluding diaryl/α,β-unsaturated/α-hetero) is 1. The number of hydrogen-bond donors (Lipinski definition) is 3. The number of carbonyl (C=O) groups is 1. The molecular weight excluding hydrogens is 342 g/mol. The van der Waals surface area contributed by atoms with E-state index in [2.05, 4.69) is 7.05 Å². The van der Waals surface area contributed by atoms with Crippen molar-refractivity contribution in [2.45, 2.75) is 62.0 Å². The first-order valence-electron chi connectivity index (χ1n) is 10.5. The van der Waals surface area contributed by atoms with Crippen LogP contribution in [-0.2, 0) is 23.1 Å². The summed E-state index contributed by atoms with van der Waals surface area (Å²) < 4.78 is 0.846. The van der Waals surface area contributed by atoms with E-state index in [1.54, 1.807) is 0 Å². The van der Waals surface area contributed by atoms with E-state index < -0.39 is 11.0 Å². The standard InChI is InChI=1S/C22H27NO4/c1-23(11-12-2-3-12)7-6-21-15-8-13-17(25)10-18(26)14(20(13)21)9-19(23)22(21,27)5-4-16(15)24/h10,12,15,19,27H,2-9,11H2,1H3,(H-,25,26)/p+1/t15-,19+,21+,22+,23+/m0/s1. The number of quaternary nitrogens is 1. The molecule has 3 fully saturated rings. The summed E-state index contributed by atoms with van der Waals surface area (Å²) in [6.07, 6.45) is 5.42. The molecule has 0 aromatic heterocycles. The number of rotatable bonds is 2. The second kappa shape index (κ2) is 4.69. The Hall–Kier alpha value is -1.59. The maximum atomic E-state index is 12.9. The van der Waals surface area contributed by atoms with Crippen molar-refractivity contribution in [1.82, 2.24) is 0 Å². The van der Waals surface area contributed by atoms with Crippen LogP contribution in [0.25, 0.3) is 0 Å². The SMILES string of the molecule is C[N@+]1(CC2CC2)CC[C@]23c4c5c(O)cc(O)c4C[C@H]2C(=O)CC[C@@]3(O)[C@H]1C5. The number of aliphatic hydroxyl groups is 1. The molecule has 0 radical (unpaired) electrons. The maximum Gasteiger partial charge on any atom is 0.137 e. The molecule has 6 rings (SSSR count). The predicted molar refractivity (Wildman–Crippen MR) is 98.6 cm³/mol. The smallest absolute Gasteiger partial charge is 0.137 e. The lowest BCUT2D eigenvalue weighted by atomic mass is 9.47. The fourth-order valence-corrected chi connectivity index (χ4v) is 7.64. The third kappa shape index (κ3) is 1.72. The van der Waals surface area contributed by atoms with Gasteiger partial charge in [-0.1, -0.05) is 0 Å². The normalized spacial score (nSPS) is 44.3. The molecule has 5 heteroatoms. The van der Waals surface area contributed by atoms with Gasteiger partial charge in [-0.2, -0.15) is 0 Å². The number of carbonyl (C=O) groups excluding carboxylic acids is 1. The predicted octanol–water partition coefficient (Wildman–Crippen LogP) is 1.79. The number of ketones is 1. The van der Waals surface area contributed by atoms with Crippen LogP contribution in [-0.4, -0.2) is 57.4 Å². The highest BCUT2D eigenvalue weighted by molar-refractivity contribution is 5.88. The zero-order chi connectivity index (χ0) is 18.8. The average Bonchev–Trinajstić information content (AvgIpc) is 3.33. The first-order valence-corrected chi connectivity index (χ1v) is 10.5. The summed E-state index contributed by atoms with van der Waals surface area (Å²) in [6, 6.07) is 1.47. The minimum absolute atomic E-state index is 0.0105. The molecule has 1 heterocycles. The molecule has 3 N–H and O–H groups in total. The maximum absolute atomic E-state index is 12.9. The molecule has 2 bridgehead atoms. The molecule has 5 atom stereocenters. The number of nitrogens with zero attached hydrogens (tertiary/aromatic N) is 1. The molecule has 0 unspecified atom stereocenters. The van der Waals surface area contributed by atoms with Crippen molar-refractivity contribution in [3.8, 4) is 11.5 Å². The molecule has 5 nitrogen and oxygen atoms in total. The van der Waals surface area contributed by atoms with Crippen LogP contribution in [0.15, 0.2) is 6.07 Å². The first-order chi connectivity index (χ1) is 12.8. The van der Waals surface area contributed by atoms with Gasteiger partial charge in [0.15, 0.2) is 0 Å². The van der Waals surface area contributed by atoms with Crippen molar-refractivity contribution in [1.29, 1.82) is 0 Å². The summed E-state index contributed by atoms with van der Waals surface area (Å²) in [7, 11) is 2.28. The summed E-state index contributed by atoms with van der Waals surface area (Å²) in [5.41, 5.74) is 1.07. The molecule has 1 spiro atoms. The van der Waals surface area contributed by atoms with Crippen molar-refractivity contribution in [3.05, 3.63) is 22.8 Å². The van der Waals surface area contributed by atoms with Crippen LogP contribution in [0, 0.1) is 11.8 Å². The molecule has 1 aromatic carbocycles. The van der Waals surface area contributed by atoms with Gasteiger partial charge in [-0.25, -0.2) is 0 Å². The van der Waals surface area contributed by atoms with E-state index in [0.29, 0.717) is 25.7 Å². The van der Waals surface area contributed by atoms with Gasteiger partial charge >= 0.3 is 0 Å². The highest BCUT2D eigenvalue weighted by atomic mass is 16.3. The largest absolute Gasteiger partial charge is 0.508 e. The van der Waals surface area contributed by atoms with Gasteiger partial charge in [0.2, 0.25) is 0 Å². The fraction of sp³-hybridized carbons (Fsp3) is 0.682. The van der Waals surface area contributed by atoms with E-state index in [1.165, 1.54) is 18.9 Å². The molecule has 0 amide bonds. The van der Waals surface area contributed by atoms with Crippen LogP contribution in [0.4, 0.5) is 0 Å². The number of likely N-dealkylation sites (tertiary alicyclic amines) is 1. The number of aromatic hydroxyl groups is 2. The molecule has 2 saturated carbocycles. The Balaban J connectivity index is 1.63. The van der Waals surface area contributed by atoms with E-state index in [9.17, 15) is 20.1 Å². The van der Waals surface area contributed by atoms with Crippen molar-refractivity contribution < 1.29 is 24.6 Å². The van der Waals surface area contributed by atoms with Crippen molar-refractivity contribution in [2.75, 3.05) is 20.1 Å². The molecule has 1 aromatic rings. The molecule has 144 valence electrons. The van der Waals surface area contributed by atoms with Crippen molar-refractivity contribution in [2.24, 2.45) is 11.8 Å². The lowest BCUT2D eigenvalue weighted by molar-refractivity contribution is -0.950. The summed E-state index contributed by atoms with van der Waals surface area (Å²) >= 11 is 0. The van der Waals surface area contributed by atoms with Crippen LogP contribution < -0.4 is 0 Å². The van der Waals surface area contributed by atoms with Gasteiger partial charge < -0.3 is 19.8 Å². The van der Waals surface area contributed by atoms with E-state index >= 15 is 0 Å². The zero-order valence-corrected chi connectivity index (χ0v) is 15.9. The molecule has 1 saturated heterocycles. The Morgan fingerprint density at radius 2 is 1.85 bits per heavy atom. The summed E-state index contributed by atoms with van der Waals surface area (Å²) in [5, 5.41) is 33.5. The topological polar surface area (TPSA) is 77.8 Å². The van der Waals surface area contributed by atoms with Gasteiger partial charge in [-0.3, -0.25) is 4.79 Å². The van der Waals surface area contributed by atoms with E-state index in [4.69, 9.17) is 0 Å². The Morgan fingerprint density at radius 3 is 2.56 bits per heavy atom. The highest BCUT2D eigenvalue weighted by Gasteiger charge is 2.75. The van der Waals surface area contributed by atoms with Crippen molar-refractivity contribution in [3.63, 3.8) is 0 Å². The van der Waals surface area contributed by atoms with E-state index in [0.717, 1.165) is 46.6 Å². The van der Waals surface area contributed by atoms with Gasteiger partial charge in [0, 0.05) is 48.1 Å². The quantitative estimate of drug-likeness (QED) is 0.694. The summed E-state index contributed by atoms with van der Waals surface area (Å²) in [5.74, 6) is 0.943. The van der Waals surface area contributed by atoms with Crippen LogP contribution in [0.3, 0.4) is 0 Å². The van der Waals surface area contributed by atoms with Crippen LogP contribution in [0.2, 0.25) is 0 Å². The van der Waals surface area contributed by atoms with Crippen LogP contribution >= 0.6 is 0 Å². The second-order valence-corrected chi connectivity index (χ2v) is 10.2. The van der Waals surface area contributed by atoms with Crippen LogP contribution in [0.5, 0.6) is 11.5 Å². The molecule has 1 aliphatic heterocycles. The zero-order valence-electron chi connectivity index (χ0n) is 15.9. The first kappa shape index (κ1) is 16.4. The third-order valence-corrected chi connectivity index (χ3v) is 8.95. The van der Waals surface area contributed by atoms with Gasteiger partial charge in [-0.15, -0.1) is 0 Å². The Bertz CT molecular complexity index is 893. The fourth-order valence-electron chi connectivity index (χ4n) is 7.64. The van der Waals surface area contributed by atoms with Crippen LogP contribution in [0.1, 0.15) is 48.8 Å². The third-order valence-electron chi connectivity index (χ3n) is 8.95. The van der Waals surface area contributed by atoms with Crippen molar-refractivity contribution >= 4 is 5.78 Å². The lowest BCUT2D eigenvalue weighted by Gasteiger charge is -2.65. The minimum Gasteiger partial charge on any atom is -0.508 e. The lowest BCUT2D eigenvalue weighted by Crippen LogP contribution is -2.79. The number of phenolic OH excluding ortho intramolecular Hbond substituents is 2. The average molecular weight is 370 g/mol. The monoisotopic (exact) mass is 370 g/mol. The van der Waals surface area contributed by atoms with Gasteiger partial charge in [-0.05, 0) is 36.8 Å². The van der Waals surface area contributed by atoms with Gasteiger partial charge in [0.25, 0.3) is 0 Å². The molecule has 5 aliphatic rings. The Morgan fingerprint density at radius 1 is 1.15 bits per heavy atom. The van der Waals surface area contributed by atoms with Gasteiger partial charge in [0.1, 0.15) is 28.9 Å². The highest BCUT2D eigenvalue weighted by Crippen LogP contribution is 2.67. The van der Waals surface area contributed by atoms with Gasteiger partial charge in [0.05, 0.1) is 20.1 Å². The number of likely N-dealkylation sites (N-methyl/N-ethyl adjacent to an activating group) is 1. The second-order valence-electron chi connectivity index (χ2n) is 10.2. The molecular formula is C22H28NO4+. The van der Waals surface area contributed by atoms with E-state index in [-0.39, 0.29) is 29.2 Å². The molecule has 27 heavy (non-hydrogen) atoms. The number of phenols is 2. The Kier molecular flexibility index (Phi) is 2.84. The summed E-state index contributed by atoms with van der Waals surface area (Å²) in [4.78, 5) is 12.9. The van der Waals surface area contributed by atoms with E-state index in [1.807, 2.05) is 0 Å².